The van der Waals surface area contributed by atoms with Crippen molar-refractivity contribution in [2.45, 2.75) is 69.1 Å². The van der Waals surface area contributed by atoms with Crippen LogP contribution in [-0.2, 0) is 28.8 Å². The van der Waals surface area contributed by atoms with Crippen LogP contribution in [0.2, 0.25) is 0 Å². The largest absolute Gasteiger partial charge is 0.481 e. The fourth-order valence-electron chi connectivity index (χ4n) is 2.73. The van der Waals surface area contributed by atoms with E-state index in [4.69, 9.17) is 22.3 Å². The number of rotatable bonds is 18. The molecular formula is C19H34N6O9. The van der Waals surface area contributed by atoms with Gasteiger partial charge in [0.25, 0.3) is 0 Å². The predicted octanol–water partition coefficient (Wildman–Crippen LogP) is -3.90. The van der Waals surface area contributed by atoms with Crippen LogP contribution >= 0.6 is 0 Å². The van der Waals surface area contributed by atoms with Crippen molar-refractivity contribution in [1.29, 1.82) is 0 Å². The molecule has 0 aliphatic rings. The van der Waals surface area contributed by atoms with E-state index in [1.165, 1.54) is 0 Å². The Bertz CT molecular complexity index is 733. The smallest absolute Gasteiger partial charge is 0.326 e. The molecular weight excluding hydrogens is 456 g/mol. The average Bonchev–Trinajstić information content (AvgIpc) is 2.76. The monoisotopic (exact) mass is 490 g/mol. The van der Waals surface area contributed by atoms with Crippen molar-refractivity contribution >= 4 is 35.6 Å². The molecule has 4 unspecified atom stereocenters. The van der Waals surface area contributed by atoms with Crippen molar-refractivity contribution in [1.82, 2.24) is 16.0 Å². The van der Waals surface area contributed by atoms with E-state index >= 15 is 0 Å². The summed E-state index contributed by atoms with van der Waals surface area (Å²) < 4.78 is 0. The Morgan fingerprint density at radius 3 is 1.79 bits per heavy atom. The molecule has 0 rings (SSSR count). The first kappa shape index (κ1) is 30.7. The number of hydrogen-bond acceptors (Lipinski definition) is 9. The summed E-state index contributed by atoms with van der Waals surface area (Å²) in [4.78, 5) is 70.2. The molecule has 0 spiro atoms. The number of aliphatic hydroxyl groups is 1. The van der Waals surface area contributed by atoms with E-state index in [0.717, 1.165) is 0 Å². The number of primary amides is 1. The quantitative estimate of drug-likeness (QED) is 0.0837. The lowest BCUT2D eigenvalue weighted by Crippen LogP contribution is -2.58. The molecule has 0 fully saturated rings. The molecule has 15 heteroatoms. The lowest BCUT2D eigenvalue weighted by atomic mass is 10.1. The van der Waals surface area contributed by atoms with Crippen LogP contribution in [0.15, 0.2) is 0 Å². The minimum atomic E-state index is -1.51. The minimum Gasteiger partial charge on any atom is -0.481 e. The molecule has 0 heterocycles. The van der Waals surface area contributed by atoms with E-state index in [2.05, 4.69) is 16.0 Å². The van der Waals surface area contributed by atoms with E-state index in [1.54, 1.807) is 0 Å². The number of carbonyl (C=O) groups excluding carboxylic acids is 4. The topological polar surface area (TPSA) is 277 Å². The van der Waals surface area contributed by atoms with Gasteiger partial charge < -0.3 is 48.5 Å². The molecule has 0 bridgehead atoms. The van der Waals surface area contributed by atoms with Gasteiger partial charge in [-0.15, -0.1) is 0 Å². The van der Waals surface area contributed by atoms with Crippen LogP contribution < -0.4 is 33.2 Å². The molecule has 0 aromatic heterocycles. The second kappa shape index (κ2) is 16.3. The van der Waals surface area contributed by atoms with Crippen LogP contribution in [0.3, 0.4) is 0 Å². The molecule has 4 atom stereocenters. The van der Waals surface area contributed by atoms with Crippen molar-refractivity contribution in [3.63, 3.8) is 0 Å². The molecule has 0 aromatic rings. The second-order valence-corrected chi connectivity index (χ2v) is 7.53. The number of aliphatic hydroxyl groups excluding tert-OH is 1. The highest BCUT2D eigenvalue weighted by molar-refractivity contribution is 5.94. The highest BCUT2D eigenvalue weighted by atomic mass is 16.4. The maximum Gasteiger partial charge on any atom is 0.326 e. The Balaban J connectivity index is 5.26. The van der Waals surface area contributed by atoms with Gasteiger partial charge in [-0.05, 0) is 38.6 Å². The number of aliphatic carboxylic acids is 2. The lowest BCUT2D eigenvalue weighted by Gasteiger charge is -2.24. The number of carboxylic acids is 2. The van der Waals surface area contributed by atoms with Crippen LogP contribution in [0.25, 0.3) is 0 Å². The molecule has 0 saturated carbocycles. The summed E-state index contributed by atoms with van der Waals surface area (Å²) >= 11 is 0. The Morgan fingerprint density at radius 2 is 1.29 bits per heavy atom. The van der Waals surface area contributed by atoms with Crippen LogP contribution in [0.4, 0.5) is 0 Å². The predicted molar refractivity (Wildman–Crippen MR) is 117 cm³/mol. The van der Waals surface area contributed by atoms with Gasteiger partial charge in [0, 0.05) is 12.8 Å². The van der Waals surface area contributed by atoms with Gasteiger partial charge in [-0.3, -0.25) is 24.0 Å². The zero-order valence-corrected chi connectivity index (χ0v) is 18.7. The van der Waals surface area contributed by atoms with Crippen LogP contribution in [-0.4, -0.2) is 88.2 Å². The first-order valence-corrected chi connectivity index (χ1v) is 10.6. The van der Waals surface area contributed by atoms with E-state index < -0.39 is 72.8 Å². The third-order valence-electron chi connectivity index (χ3n) is 4.70. The minimum absolute atomic E-state index is 0.0598. The summed E-state index contributed by atoms with van der Waals surface area (Å²) in [6, 6.07) is -5.42. The Kier molecular flexibility index (Phi) is 14.7. The first-order chi connectivity index (χ1) is 15.9. The number of carbonyl (C=O) groups is 6. The Morgan fingerprint density at radius 1 is 0.735 bits per heavy atom. The number of nitrogens with two attached hydrogens (primary N) is 3. The third kappa shape index (κ3) is 12.7. The van der Waals surface area contributed by atoms with Gasteiger partial charge in [-0.25, -0.2) is 4.79 Å². The summed E-state index contributed by atoms with van der Waals surface area (Å²) in [5.74, 6) is -6.03. The van der Waals surface area contributed by atoms with E-state index in [0.29, 0.717) is 19.4 Å². The summed E-state index contributed by atoms with van der Waals surface area (Å²) in [5, 5.41) is 34.2. The van der Waals surface area contributed by atoms with Crippen LogP contribution in [0.1, 0.15) is 44.9 Å². The molecule has 15 nitrogen and oxygen atoms in total. The number of hydrogen-bond donors (Lipinski definition) is 9. The maximum atomic E-state index is 12.6. The van der Waals surface area contributed by atoms with Gasteiger partial charge in [-0.2, -0.15) is 0 Å². The van der Waals surface area contributed by atoms with E-state index in [-0.39, 0.29) is 25.7 Å². The number of carboxylic acid groups (broad SMARTS) is 2. The number of unbranched alkanes of at least 4 members (excludes halogenated alkanes) is 1. The molecule has 0 aliphatic carbocycles. The summed E-state index contributed by atoms with van der Waals surface area (Å²) in [7, 11) is 0. The van der Waals surface area contributed by atoms with Crippen molar-refractivity contribution in [3.8, 4) is 0 Å². The summed E-state index contributed by atoms with van der Waals surface area (Å²) in [5.41, 5.74) is 16.1. The summed E-state index contributed by atoms with van der Waals surface area (Å²) in [6.07, 6.45) is -0.191. The van der Waals surface area contributed by atoms with Crippen molar-refractivity contribution < 1.29 is 44.1 Å². The van der Waals surface area contributed by atoms with E-state index in [9.17, 15) is 39.0 Å². The van der Waals surface area contributed by atoms with Gasteiger partial charge in [-0.1, -0.05) is 0 Å². The van der Waals surface area contributed by atoms with Gasteiger partial charge in [0.1, 0.15) is 18.1 Å². The van der Waals surface area contributed by atoms with E-state index in [1.807, 2.05) is 0 Å². The molecule has 34 heavy (non-hydrogen) atoms. The zero-order chi connectivity index (χ0) is 26.3. The van der Waals surface area contributed by atoms with Gasteiger partial charge in [0.05, 0.1) is 12.6 Å². The number of amides is 4. The molecule has 0 radical (unpaired) electrons. The fraction of sp³-hybridized carbons (Fsp3) is 0.684. The highest BCUT2D eigenvalue weighted by Crippen LogP contribution is 2.05. The lowest BCUT2D eigenvalue weighted by molar-refractivity contribution is -0.143. The van der Waals surface area contributed by atoms with Crippen LogP contribution in [0.5, 0.6) is 0 Å². The zero-order valence-electron chi connectivity index (χ0n) is 18.7. The standard InChI is InChI=1S/C19H34N6O9/c20-8-2-1-3-11(17(31)24-12(19(33)34)5-7-15(28)29)23-18(32)13(9-26)25-16(30)10(21)4-6-14(22)27/h10-13,26H,1-9,20-21H2,(H2,22,27)(H,23,32)(H,24,31)(H,25,30)(H,28,29)(H,33,34). The van der Waals surface area contributed by atoms with Gasteiger partial charge in [0.2, 0.25) is 23.6 Å². The first-order valence-electron chi connectivity index (χ1n) is 10.6. The molecule has 12 N–H and O–H groups in total. The average molecular weight is 491 g/mol. The Labute approximate surface area is 195 Å². The SMILES string of the molecule is NCCCCC(NC(=O)C(CO)NC(=O)C(N)CCC(N)=O)C(=O)NC(CCC(=O)O)C(=O)O. The summed E-state index contributed by atoms with van der Waals surface area (Å²) in [6.45, 7) is -0.537. The second-order valence-electron chi connectivity index (χ2n) is 7.53. The molecule has 0 aromatic carbocycles. The molecule has 0 aliphatic heterocycles. The van der Waals surface area contributed by atoms with Gasteiger partial charge in [0.15, 0.2) is 0 Å². The van der Waals surface area contributed by atoms with Gasteiger partial charge >= 0.3 is 11.9 Å². The fourth-order valence-corrected chi connectivity index (χ4v) is 2.73. The molecule has 4 amide bonds. The maximum absolute atomic E-state index is 12.6. The van der Waals surface area contributed by atoms with Crippen molar-refractivity contribution in [2.24, 2.45) is 17.2 Å². The molecule has 194 valence electrons. The number of nitrogens with one attached hydrogen (secondary N) is 3. The van der Waals surface area contributed by atoms with Crippen molar-refractivity contribution in [2.75, 3.05) is 13.2 Å². The molecule has 0 saturated heterocycles. The van der Waals surface area contributed by atoms with Crippen molar-refractivity contribution in [3.05, 3.63) is 0 Å². The highest BCUT2D eigenvalue weighted by Gasteiger charge is 2.30. The normalized spacial score (nSPS) is 14.2. The Hall–Kier alpha value is -3.30. The third-order valence-corrected chi connectivity index (χ3v) is 4.70. The van der Waals surface area contributed by atoms with Crippen LogP contribution in [0, 0.1) is 0 Å².